The highest BCUT2D eigenvalue weighted by Gasteiger charge is 2.78. The second-order valence-electron chi connectivity index (χ2n) is 8.62. The molecule has 2 saturated heterocycles. The Labute approximate surface area is 182 Å². The Morgan fingerprint density at radius 2 is 1.58 bits per heavy atom. The Balaban J connectivity index is 1.25. The number of rotatable bonds is 7. The Kier molecular flexibility index (Phi) is 5.11. The van der Waals surface area contributed by atoms with E-state index in [1.54, 1.807) is 0 Å². The maximum atomic E-state index is 13.1. The van der Waals surface area contributed by atoms with Crippen LogP contribution in [0.25, 0.3) is 0 Å². The van der Waals surface area contributed by atoms with Crippen molar-refractivity contribution < 1.29 is 28.5 Å². The van der Waals surface area contributed by atoms with Gasteiger partial charge in [0.15, 0.2) is 0 Å². The normalized spacial score (nSPS) is 32.7. The third-order valence-corrected chi connectivity index (χ3v) is 6.64. The van der Waals surface area contributed by atoms with E-state index >= 15 is 0 Å². The molecule has 2 radical (unpaired) electrons. The van der Waals surface area contributed by atoms with Gasteiger partial charge in [-0.05, 0) is 17.5 Å². The van der Waals surface area contributed by atoms with Gasteiger partial charge in [-0.1, -0.05) is 60.7 Å². The van der Waals surface area contributed by atoms with Crippen molar-refractivity contribution in [1.82, 2.24) is 0 Å². The fourth-order valence-corrected chi connectivity index (χ4v) is 5.33. The first-order chi connectivity index (χ1) is 15.0. The number of benzene rings is 2. The van der Waals surface area contributed by atoms with Gasteiger partial charge < -0.3 is 18.9 Å². The first-order valence-corrected chi connectivity index (χ1v) is 10.5. The summed E-state index contributed by atoms with van der Waals surface area (Å²) in [5.41, 5.74) is 0.150. The summed E-state index contributed by atoms with van der Waals surface area (Å²) < 4.78 is 22.9. The van der Waals surface area contributed by atoms with Crippen LogP contribution in [0.2, 0.25) is 0 Å². The molecule has 3 aliphatic rings. The summed E-state index contributed by atoms with van der Waals surface area (Å²) in [5.74, 6) is -1.02. The third-order valence-electron chi connectivity index (χ3n) is 6.64. The second kappa shape index (κ2) is 7.81. The number of esters is 2. The number of carbonyl (C=O) groups excluding carboxylic acids is 2. The predicted molar refractivity (Wildman–Crippen MR) is 111 cm³/mol. The topological polar surface area (TPSA) is 71.1 Å². The Morgan fingerprint density at radius 3 is 2.23 bits per heavy atom. The summed E-state index contributed by atoms with van der Waals surface area (Å²) in [4.78, 5) is 25.6. The van der Waals surface area contributed by atoms with Gasteiger partial charge in [0, 0.05) is 11.9 Å². The van der Waals surface area contributed by atoms with Gasteiger partial charge in [-0.3, -0.25) is 9.59 Å². The van der Waals surface area contributed by atoms with Crippen molar-refractivity contribution >= 4 is 19.8 Å². The fraction of sp³-hybridized carbons (Fsp3) is 0.417. The SMILES string of the molecule is [B][C@@H]1O[C@@]2(CC(=O)OCc3ccccc3)CC3(C(=O)OCc4ccccc4)COC1C32. The molecular weight excluding hydrogens is 395 g/mol. The monoisotopic (exact) mass is 418 g/mol. The van der Waals surface area contributed by atoms with E-state index in [9.17, 15) is 9.59 Å². The van der Waals surface area contributed by atoms with Crippen LogP contribution in [0.3, 0.4) is 0 Å². The lowest BCUT2D eigenvalue weighted by Crippen LogP contribution is -2.64. The molecule has 2 aromatic rings. The molecule has 0 spiro atoms. The van der Waals surface area contributed by atoms with Crippen molar-refractivity contribution in [1.29, 1.82) is 0 Å². The van der Waals surface area contributed by atoms with Gasteiger partial charge in [0.05, 0.1) is 24.7 Å². The Bertz CT molecular complexity index is 967. The van der Waals surface area contributed by atoms with E-state index in [2.05, 4.69) is 0 Å². The molecule has 0 aromatic heterocycles. The summed E-state index contributed by atoms with van der Waals surface area (Å²) >= 11 is 0. The van der Waals surface area contributed by atoms with E-state index in [0.717, 1.165) is 11.1 Å². The van der Waals surface area contributed by atoms with E-state index in [4.69, 9.17) is 26.8 Å². The Hall–Kier alpha value is -2.64. The standard InChI is InChI=1S/C24H23BO6/c25-21-19-20-23(15-30-19,22(27)29-13-17-9-5-2-6-10-17)14-24(20,31-21)11-18(26)28-12-16-7-3-1-4-8-16/h1-10,19-21H,11-15H2/t19?,20?,21-,23?,24+/m1/s1. The average Bonchev–Trinajstić information content (AvgIpc) is 3.22. The van der Waals surface area contributed by atoms with Gasteiger partial charge >= 0.3 is 11.9 Å². The first kappa shape index (κ1) is 20.3. The van der Waals surface area contributed by atoms with Gasteiger partial charge in [0.25, 0.3) is 0 Å². The predicted octanol–water partition coefficient (Wildman–Crippen LogP) is 2.53. The van der Waals surface area contributed by atoms with Crippen molar-refractivity contribution in [2.24, 2.45) is 11.3 Å². The molecule has 2 heterocycles. The van der Waals surface area contributed by atoms with E-state index in [1.165, 1.54) is 0 Å². The lowest BCUT2D eigenvalue weighted by atomic mass is 9.50. The van der Waals surface area contributed by atoms with Crippen LogP contribution < -0.4 is 0 Å². The van der Waals surface area contributed by atoms with E-state index in [0.29, 0.717) is 6.42 Å². The molecule has 5 atom stereocenters. The number of carbonyl (C=O) groups is 2. The first-order valence-electron chi connectivity index (χ1n) is 10.5. The highest BCUT2D eigenvalue weighted by molar-refractivity contribution is 6.12. The summed E-state index contributed by atoms with van der Waals surface area (Å²) in [5, 5.41) is 0. The molecule has 5 rings (SSSR count). The van der Waals surface area contributed by atoms with Crippen LogP contribution in [-0.2, 0) is 41.8 Å². The number of hydrogen-bond acceptors (Lipinski definition) is 6. The fourth-order valence-electron chi connectivity index (χ4n) is 5.33. The zero-order valence-corrected chi connectivity index (χ0v) is 17.1. The quantitative estimate of drug-likeness (QED) is 0.509. The van der Waals surface area contributed by atoms with Crippen molar-refractivity contribution in [2.45, 2.75) is 43.8 Å². The molecule has 158 valence electrons. The second-order valence-corrected chi connectivity index (χ2v) is 8.62. The number of ether oxygens (including phenoxy) is 4. The molecule has 3 fully saturated rings. The van der Waals surface area contributed by atoms with E-state index in [1.807, 2.05) is 60.7 Å². The van der Waals surface area contributed by atoms with Crippen LogP contribution in [0.4, 0.5) is 0 Å². The minimum absolute atomic E-state index is 0.0335. The molecule has 7 heteroatoms. The summed E-state index contributed by atoms with van der Waals surface area (Å²) in [6.45, 7) is 0.613. The smallest absolute Gasteiger partial charge is 0.315 e. The highest BCUT2D eigenvalue weighted by Crippen LogP contribution is 2.67. The van der Waals surface area contributed by atoms with Crippen LogP contribution in [0.5, 0.6) is 0 Å². The van der Waals surface area contributed by atoms with Gasteiger partial charge in [-0.25, -0.2) is 0 Å². The lowest BCUT2D eigenvalue weighted by molar-refractivity contribution is -0.210. The minimum Gasteiger partial charge on any atom is -0.461 e. The van der Waals surface area contributed by atoms with Gasteiger partial charge in [-0.2, -0.15) is 0 Å². The van der Waals surface area contributed by atoms with Gasteiger partial charge in [0.2, 0.25) is 0 Å². The van der Waals surface area contributed by atoms with Crippen molar-refractivity contribution in [3.63, 3.8) is 0 Å². The molecule has 1 saturated carbocycles. The van der Waals surface area contributed by atoms with Crippen molar-refractivity contribution in [2.75, 3.05) is 6.61 Å². The molecule has 3 unspecified atom stereocenters. The van der Waals surface area contributed by atoms with Gasteiger partial charge in [0.1, 0.15) is 26.5 Å². The van der Waals surface area contributed by atoms with Crippen LogP contribution in [0, 0.1) is 11.3 Å². The maximum Gasteiger partial charge on any atom is 0.315 e. The van der Waals surface area contributed by atoms with Crippen molar-refractivity contribution in [3.05, 3.63) is 71.8 Å². The average molecular weight is 418 g/mol. The Morgan fingerprint density at radius 1 is 0.968 bits per heavy atom. The molecular formula is C24H23BO6. The van der Waals surface area contributed by atoms with Crippen LogP contribution in [-0.4, -0.2) is 44.1 Å². The summed E-state index contributed by atoms with van der Waals surface area (Å²) in [6, 6.07) is 18.3. The molecule has 2 aromatic carbocycles. The molecule has 31 heavy (non-hydrogen) atoms. The summed E-state index contributed by atoms with van der Waals surface area (Å²) in [7, 11) is 6.14. The highest BCUT2D eigenvalue weighted by atomic mass is 16.6. The molecule has 0 N–H and O–H groups in total. The molecule has 2 aliphatic heterocycles. The lowest BCUT2D eigenvalue weighted by Gasteiger charge is -2.53. The minimum atomic E-state index is -0.847. The molecule has 6 nitrogen and oxygen atoms in total. The largest absolute Gasteiger partial charge is 0.461 e. The van der Waals surface area contributed by atoms with Crippen LogP contribution in [0.1, 0.15) is 24.0 Å². The van der Waals surface area contributed by atoms with Crippen LogP contribution >= 0.6 is 0 Å². The van der Waals surface area contributed by atoms with Crippen molar-refractivity contribution in [3.8, 4) is 0 Å². The third kappa shape index (κ3) is 3.46. The van der Waals surface area contributed by atoms with Crippen LogP contribution in [0.15, 0.2) is 60.7 Å². The van der Waals surface area contributed by atoms with E-state index < -0.39 is 23.1 Å². The molecule has 1 aliphatic carbocycles. The van der Waals surface area contributed by atoms with E-state index in [-0.39, 0.29) is 44.1 Å². The zero-order valence-electron chi connectivity index (χ0n) is 17.1. The zero-order chi connectivity index (χ0) is 21.5. The van der Waals surface area contributed by atoms with Gasteiger partial charge in [-0.15, -0.1) is 0 Å². The maximum absolute atomic E-state index is 13.1. The summed E-state index contributed by atoms with van der Waals surface area (Å²) in [6.07, 6.45) is -0.0609. The molecule has 0 amide bonds. The molecule has 0 bridgehead atoms. The number of hydrogen-bond donors (Lipinski definition) is 0.